The molecule has 1 saturated carbocycles. The molecule has 0 spiro atoms. The first-order chi connectivity index (χ1) is 18.9. The lowest BCUT2D eigenvalue weighted by Crippen LogP contribution is -2.48. The number of aliphatic carboxylic acids is 1. The van der Waals surface area contributed by atoms with Gasteiger partial charge in [0.2, 0.25) is 5.91 Å². The molecule has 1 aromatic carbocycles. The van der Waals surface area contributed by atoms with Crippen molar-refractivity contribution >= 4 is 46.4 Å². The minimum Gasteiger partial charge on any atom is -0.481 e. The fourth-order valence-electron chi connectivity index (χ4n) is 4.59. The molecule has 3 amide bonds. The molecule has 39 heavy (non-hydrogen) atoms. The predicted molar refractivity (Wildman–Crippen MR) is 147 cm³/mol. The Bertz CT molecular complexity index is 1350. The van der Waals surface area contributed by atoms with Gasteiger partial charge in [0.05, 0.1) is 28.7 Å². The molecule has 2 fully saturated rings. The highest BCUT2D eigenvalue weighted by Crippen LogP contribution is 2.34. The van der Waals surface area contributed by atoms with Crippen molar-refractivity contribution in [3.63, 3.8) is 0 Å². The number of nitrogens with one attached hydrogen (secondary N) is 2. The third-order valence-electron chi connectivity index (χ3n) is 6.88. The van der Waals surface area contributed by atoms with Crippen molar-refractivity contribution in [2.24, 2.45) is 5.92 Å². The van der Waals surface area contributed by atoms with E-state index in [0.717, 1.165) is 18.5 Å². The summed E-state index contributed by atoms with van der Waals surface area (Å²) in [6.45, 7) is 2.24. The summed E-state index contributed by atoms with van der Waals surface area (Å²) in [5.74, 6) is -1.59. The molecule has 1 aliphatic heterocycles. The van der Waals surface area contributed by atoms with Gasteiger partial charge in [0.1, 0.15) is 0 Å². The highest BCUT2D eigenvalue weighted by atomic mass is 32.1. The van der Waals surface area contributed by atoms with Gasteiger partial charge in [-0.3, -0.25) is 24.2 Å². The zero-order valence-corrected chi connectivity index (χ0v) is 22.0. The van der Waals surface area contributed by atoms with Gasteiger partial charge >= 0.3 is 5.97 Å². The fourth-order valence-corrected chi connectivity index (χ4v) is 5.28. The maximum Gasteiger partial charge on any atom is 0.305 e. The lowest BCUT2D eigenvalue weighted by molar-refractivity contribution is -0.137. The Kier molecular flexibility index (Phi) is 7.87. The van der Waals surface area contributed by atoms with E-state index in [4.69, 9.17) is 0 Å². The molecule has 1 atom stereocenters. The number of hydrogen-bond donors (Lipinski definition) is 3. The van der Waals surface area contributed by atoms with Crippen LogP contribution in [0.5, 0.6) is 0 Å². The number of carbonyl (C=O) groups is 4. The van der Waals surface area contributed by atoms with Gasteiger partial charge in [-0.2, -0.15) is 0 Å². The number of amides is 3. The molecule has 2 aliphatic rings. The number of carboxylic acid groups (broad SMARTS) is 1. The Morgan fingerprint density at radius 3 is 2.49 bits per heavy atom. The zero-order chi connectivity index (χ0) is 27.4. The van der Waals surface area contributed by atoms with E-state index < -0.39 is 17.9 Å². The van der Waals surface area contributed by atoms with Crippen LogP contribution in [-0.4, -0.2) is 64.9 Å². The van der Waals surface area contributed by atoms with E-state index in [-0.39, 0.29) is 24.2 Å². The van der Waals surface area contributed by atoms with Gasteiger partial charge in [0, 0.05) is 50.1 Å². The van der Waals surface area contributed by atoms with E-state index in [9.17, 15) is 24.3 Å². The average molecular weight is 548 g/mol. The van der Waals surface area contributed by atoms with E-state index in [0.29, 0.717) is 47.9 Å². The molecule has 11 heteroatoms. The maximum atomic E-state index is 13.2. The Morgan fingerprint density at radius 1 is 1.05 bits per heavy atom. The van der Waals surface area contributed by atoms with Crippen LogP contribution in [0.3, 0.4) is 0 Å². The molecule has 3 aromatic rings. The predicted octanol–water partition coefficient (Wildman–Crippen LogP) is 3.40. The van der Waals surface area contributed by atoms with Gasteiger partial charge in [-0.25, -0.2) is 0 Å². The van der Waals surface area contributed by atoms with Gasteiger partial charge in [-0.15, -0.1) is 11.3 Å². The van der Waals surface area contributed by atoms with Crippen LogP contribution in [-0.2, 0) is 9.59 Å². The first kappa shape index (κ1) is 26.4. The highest BCUT2D eigenvalue weighted by molar-refractivity contribution is 7.12. The van der Waals surface area contributed by atoms with E-state index in [1.165, 1.54) is 17.5 Å². The van der Waals surface area contributed by atoms with Gasteiger partial charge in [0.15, 0.2) is 0 Å². The number of rotatable bonds is 9. The topological polar surface area (TPSA) is 132 Å². The van der Waals surface area contributed by atoms with Crippen LogP contribution in [0.25, 0.3) is 0 Å². The molecule has 1 aliphatic carbocycles. The molecule has 3 N–H and O–H groups in total. The molecule has 1 unspecified atom stereocenters. The summed E-state index contributed by atoms with van der Waals surface area (Å²) in [7, 11) is 0. The number of aromatic nitrogens is 1. The Morgan fingerprint density at radius 2 is 1.85 bits per heavy atom. The number of carboxylic acids is 1. The number of anilines is 2. The summed E-state index contributed by atoms with van der Waals surface area (Å²) in [5, 5.41) is 17.0. The fraction of sp³-hybridized carbons (Fsp3) is 0.321. The molecule has 0 bridgehead atoms. The SMILES string of the molecule is O=C(O)CC(NC(=O)c1ccc(N2CCN(C(=O)c3cccs3)CC2)c(NC(=O)C2CC2)c1)c1cccnc1. The lowest BCUT2D eigenvalue weighted by atomic mass is 10.0. The summed E-state index contributed by atoms with van der Waals surface area (Å²) >= 11 is 1.42. The van der Waals surface area contributed by atoms with Crippen molar-refractivity contribution in [3.05, 3.63) is 76.2 Å². The summed E-state index contributed by atoms with van der Waals surface area (Å²) in [6.07, 6.45) is 4.49. The van der Waals surface area contributed by atoms with Gasteiger partial charge in [0.25, 0.3) is 11.8 Å². The molecule has 202 valence electrons. The third-order valence-corrected chi connectivity index (χ3v) is 7.73. The second kappa shape index (κ2) is 11.6. The number of thiophene rings is 1. The smallest absolute Gasteiger partial charge is 0.305 e. The summed E-state index contributed by atoms with van der Waals surface area (Å²) in [4.78, 5) is 58.8. The van der Waals surface area contributed by atoms with Crippen molar-refractivity contribution in [1.82, 2.24) is 15.2 Å². The summed E-state index contributed by atoms with van der Waals surface area (Å²) in [6, 6.07) is 11.4. The largest absolute Gasteiger partial charge is 0.481 e. The van der Waals surface area contributed by atoms with Gasteiger partial charge in [-0.1, -0.05) is 12.1 Å². The number of benzene rings is 1. The molecule has 1 saturated heterocycles. The number of nitrogens with zero attached hydrogens (tertiary/aromatic N) is 3. The van der Waals surface area contributed by atoms with Crippen LogP contribution < -0.4 is 15.5 Å². The van der Waals surface area contributed by atoms with Crippen LogP contribution in [0.2, 0.25) is 0 Å². The standard InChI is InChI=1S/C28H29N5O5S/c34-25(35)16-21(20-3-1-9-29-17-20)30-27(37)19-7-8-23(22(15-19)31-26(36)18-5-6-18)32-10-12-33(13-11-32)28(38)24-4-2-14-39-24/h1-4,7-9,14-15,17-18,21H,5-6,10-13,16H2,(H,30,37)(H,31,36)(H,34,35). The first-order valence-corrected chi connectivity index (χ1v) is 13.7. The monoisotopic (exact) mass is 547 g/mol. The van der Waals surface area contributed by atoms with Crippen molar-refractivity contribution in [2.45, 2.75) is 25.3 Å². The van der Waals surface area contributed by atoms with Crippen molar-refractivity contribution in [3.8, 4) is 0 Å². The van der Waals surface area contributed by atoms with E-state index in [1.54, 1.807) is 36.5 Å². The Hall–Kier alpha value is -4.25. The van der Waals surface area contributed by atoms with E-state index in [2.05, 4.69) is 20.5 Å². The van der Waals surface area contributed by atoms with Crippen LogP contribution in [0.4, 0.5) is 11.4 Å². The second-order valence-corrected chi connectivity index (χ2v) is 10.6. The number of piperazine rings is 1. The molecule has 10 nitrogen and oxygen atoms in total. The first-order valence-electron chi connectivity index (χ1n) is 12.8. The number of pyridine rings is 1. The maximum absolute atomic E-state index is 13.2. The number of hydrogen-bond acceptors (Lipinski definition) is 7. The van der Waals surface area contributed by atoms with Crippen LogP contribution in [0.15, 0.2) is 60.2 Å². The normalized spacial score (nSPS) is 15.9. The van der Waals surface area contributed by atoms with Crippen molar-refractivity contribution < 1.29 is 24.3 Å². The molecular weight excluding hydrogens is 518 g/mol. The molecule has 0 radical (unpaired) electrons. The van der Waals surface area contributed by atoms with Gasteiger partial charge < -0.3 is 25.5 Å². The zero-order valence-electron chi connectivity index (χ0n) is 21.2. The quantitative estimate of drug-likeness (QED) is 0.374. The minimum absolute atomic E-state index is 0.0171. The molecule has 3 heterocycles. The molecule has 5 rings (SSSR count). The van der Waals surface area contributed by atoms with Crippen LogP contribution >= 0.6 is 11.3 Å². The van der Waals surface area contributed by atoms with Crippen LogP contribution in [0, 0.1) is 5.92 Å². The Balaban J connectivity index is 1.34. The molecular formula is C28H29N5O5S. The second-order valence-electron chi connectivity index (χ2n) is 9.66. The molecule has 2 aromatic heterocycles. The third kappa shape index (κ3) is 6.43. The van der Waals surface area contributed by atoms with E-state index in [1.807, 2.05) is 22.4 Å². The Labute approximate surface area is 229 Å². The highest BCUT2D eigenvalue weighted by Gasteiger charge is 2.31. The number of carbonyl (C=O) groups excluding carboxylic acids is 3. The van der Waals surface area contributed by atoms with Gasteiger partial charge in [-0.05, 0) is 54.1 Å². The van der Waals surface area contributed by atoms with Crippen molar-refractivity contribution in [2.75, 3.05) is 36.4 Å². The van der Waals surface area contributed by atoms with E-state index >= 15 is 0 Å². The summed E-state index contributed by atoms with van der Waals surface area (Å²) < 4.78 is 0. The average Bonchev–Trinajstić information content (AvgIpc) is 3.66. The summed E-state index contributed by atoms with van der Waals surface area (Å²) in [5.41, 5.74) is 2.18. The lowest BCUT2D eigenvalue weighted by Gasteiger charge is -2.37. The minimum atomic E-state index is -1.05. The van der Waals surface area contributed by atoms with Crippen molar-refractivity contribution in [1.29, 1.82) is 0 Å². The van der Waals surface area contributed by atoms with Crippen LogP contribution in [0.1, 0.15) is 50.9 Å².